The van der Waals surface area contributed by atoms with E-state index in [1.54, 1.807) is 28.1 Å². The van der Waals surface area contributed by atoms with Crippen molar-refractivity contribution >= 4 is 27.9 Å². The second-order valence-corrected chi connectivity index (χ2v) is 6.70. The summed E-state index contributed by atoms with van der Waals surface area (Å²) in [5, 5.41) is 4.15. The summed E-state index contributed by atoms with van der Waals surface area (Å²) in [7, 11) is 0. The van der Waals surface area contributed by atoms with E-state index in [4.69, 9.17) is 0 Å². The number of rotatable bonds is 4. The van der Waals surface area contributed by atoms with Crippen molar-refractivity contribution in [1.29, 1.82) is 0 Å². The molecule has 0 bridgehead atoms. The smallest absolute Gasteiger partial charge is 0.230 e. The number of nitrogens with zero attached hydrogens (tertiary/aromatic N) is 2. The number of hydrogen-bond acceptors (Lipinski definition) is 3. The van der Waals surface area contributed by atoms with Crippen LogP contribution in [0.4, 0.5) is 18.9 Å². The van der Waals surface area contributed by atoms with Crippen LogP contribution >= 0.6 is 11.3 Å². The van der Waals surface area contributed by atoms with Gasteiger partial charge in [0.1, 0.15) is 17.5 Å². The number of halogens is 3. The minimum atomic E-state index is -0.707. The Morgan fingerprint density at radius 3 is 2.59 bits per heavy atom. The average Bonchev–Trinajstić information content (AvgIpc) is 3.21. The fourth-order valence-electron chi connectivity index (χ4n) is 2.67. The molecule has 0 aliphatic rings. The summed E-state index contributed by atoms with van der Waals surface area (Å²) in [4.78, 5) is 17.4. The maximum absolute atomic E-state index is 13.7. The van der Waals surface area contributed by atoms with Crippen LogP contribution in [-0.4, -0.2) is 15.3 Å². The molecule has 136 valence electrons. The largest absolute Gasteiger partial charge is 0.323 e. The van der Waals surface area contributed by atoms with Crippen LogP contribution in [0, 0.1) is 17.5 Å². The second-order valence-electron chi connectivity index (χ2n) is 5.86. The number of aromatic nitrogens is 2. The van der Waals surface area contributed by atoms with Crippen molar-refractivity contribution in [3.63, 3.8) is 0 Å². The van der Waals surface area contributed by atoms with E-state index in [0.717, 1.165) is 23.8 Å². The third-order valence-corrected chi connectivity index (χ3v) is 4.86. The maximum Gasteiger partial charge on any atom is 0.230 e. The lowest BCUT2D eigenvalue weighted by atomic mass is 10.2. The van der Waals surface area contributed by atoms with Gasteiger partial charge in [0.05, 0.1) is 17.8 Å². The standard InChI is InChI=1S/C19H12F3N3OS/c20-12-3-1-11(2-4-12)17-9-25-14(10-27-19(25)24-17)8-18(26)23-16-7-13(21)5-6-15(16)22/h1-7,9-10H,8H2,(H,23,26). The monoisotopic (exact) mass is 387 g/mol. The van der Waals surface area contributed by atoms with Gasteiger partial charge in [-0.2, -0.15) is 0 Å². The molecule has 4 aromatic rings. The van der Waals surface area contributed by atoms with Crippen LogP contribution in [0.1, 0.15) is 5.69 Å². The molecular formula is C19H12F3N3OS. The summed E-state index contributed by atoms with van der Waals surface area (Å²) in [6.07, 6.45) is 1.72. The van der Waals surface area contributed by atoms with Gasteiger partial charge >= 0.3 is 0 Å². The third-order valence-electron chi connectivity index (χ3n) is 3.97. The zero-order valence-electron chi connectivity index (χ0n) is 13.7. The Labute approximate surface area is 155 Å². The fourth-order valence-corrected chi connectivity index (χ4v) is 3.54. The first kappa shape index (κ1) is 17.3. The van der Waals surface area contributed by atoms with Crippen LogP contribution in [-0.2, 0) is 11.2 Å². The minimum absolute atomic E-state index is 0.0326. The fraction of sp³-hybridized carbons (Fsp3) is 0.0526. The number of fused-ring (bicyclic) bond motifs is 1. The molecule has 0 aliphatic heterocycles. The normalized spacial score (nSPS) is 11.1. The van der Waals surface area contributed by atoms with Gasteiger partial charge in [-0.25, -0.2) is 18.2 Å². The molecule has 27 heavy (non-hydrogen) atoms. The molecule has 0 spiro atoms. The molecule has 0 radical (unpaired) electrons. The van der Waals surface area contributed by atoms with E-state index in [0.29, 0.717) is 16.3 Å². The molecule has 0 saturated carbocycles. The SMILES string of the molecule is O=C(Cc1csc2nc(-c3ccc(F)cc3)cn12)Nc1cc(F)ccc1F. The van der Waals surface area contributed by atoms with E-state index in [1.165, 1.54) is 23.5 Å². The molecule has 4 nitrogen and oxygen atoms in total. The number of carbonyl (C=O) groups excluding carboxylic acids is 1. The van der Waals surface area contributed by atoms with Crippen LogP contribution in [0.5, 0.6) is 0 Å². The molecule has 4 rings (SSSR count). The Morgan fingerprint density at radius 2 is 1.81 bits per heavy atom. The molecule has 2 aromatic heterocycles. The van der Waals surface area contributed by atoms with Crippen molar-refractivity contribution in [2.75, 3.05) is 5.32 Å². The molecule has 2 aromatic carbocycles. The Balaban J connectivity index is 1.56. The van der Waals surface area contributed by atoms with Crippen LogP contribution < -0.4 is 5.32 Å². The van der Waals surface area contributed by atoms with E-state index >= 15 is 0 Å². The number of nitrogens with one attached hydrogen (secondary N) is 1. The van der Waals surface area contributed by atoms with Crippen molar-refractivity contribution < 1.29 is 18.0 Å². The highest BCUT2D eigenvalue weighted by Gasteiger charge is 2.14. The number of amides is 1. The second kappa shape index (κ2) is 6.88. The number of benzene rings is 2. The molecule has 0 unspecified atom stereocenters. The van der Waals surface area contributed by atoms with E-state index in [9.17, 15) is 18.0 Å². The molecule has 0 atom stereocenters. The summed E-state index contributed by atoms with van der Waals surface area (Å²) >= 11 is 1.35. The first-order chi connectivity index (χ1) is 13.0. The third kappa shape index (κ3) is 3.56. The van der Waals surface area contributed by atoms with Crippen molar-refractivity contribution in [3.05, 3.63) is 77.2 Å². The number of imidazole rings is 1. The molecule has 2 heterocycles. The predicted molar refractivity (Wildman–Crippen MR) is 97.2 cm³/mol. The predicted octanol–water partition coefficient (Wildman–Crippen LogP) is 4.66. The first-order valence-electron chi connectivity index (χ1n) is 7.96. The number of hydrogen-bond donors (Lipinski definition) is 1. The number of carbonyl (C=O) groups is 1. The molecule has 0 aliphatic carbocycles. The van der Waals surface area contributed by atoms with Gasteiger partial charge in [-0.05, 0) is 36.4 Å². The molecule has 0 saturated heterocycles. The molecule has 1 amide bonds. The lowest BCUT2D eigenvalue weighted by Gasteiger charge is -2.06. The van der Waals surface area contributed by atoms with Crippen LogP contribution in [0.25, 0.3) is 16.2 Å². The van der Waals surface area contributed by atoms with E-state index in [1.807, 2.05) is 0 Å². The molecule has 8 heteroatoms. The Hall–Kier alpha value is -3.13. The first-order valence-corrected chi connectivity index (χ1v) is 8.84. The van der Waals surface area contributed by atoms with Crippen LogP contribution in [0.15, 0.2) is 54.0 Å². The zero-order valence-corrected chi connectivity index (χ0v) is 14.6. The Morgan fingerprint density at radius 1 is 1.07 bits per heavy atom. The average molecular weight is 387 g/mol. The van der Waals surface area contributed by atoms with Gasteiger partial charge in [0, 0.05) is 28.9 Å². The van der Waals surface area contributed by atoms with Gasteiger partial charge in [-0.3, -0.25) is 9.20 Å². The van der Waals surface area contributed by atoms with Gasteiger partial charge in [0.2, 0.25) is 5.91 Å². The number of anilines is 1. The van der Waals surface area contributed by atoms with Gasteiger partial charge in [0.25, 0.3) is 0 Å². The highest BCUT2D eigenvalue weighted by molar-refractivity contribution is 7.15. The number of thiazole rings is 1. The van der Waals surface area contributed by atoms with Gasteiger partial charge in [-0.15, -0.1) is 11.3 Å². The summed E-state index contributed by atoms with van der Waals surface area (Å²) in [6.45, 7) is 0. The minimum Gasteiger partial charge on any atom is -0.323 e. The van der Waals surface area contributed by atoms with Crippen molar-refractivity contribution in [2.24, 2.45) is 0 Å². The topological polar surface area (TPSA) is 46.4 Å². The van der Waals surface area contributed by atoms with Gasteiger partial charge < -0.3 is 5.32 Å². The summed E-state index contributed by atoms with van der Waals surface area (Å²) in [5.41, 5.74) is 1.86. The lowest BCUT2D eigenvalue weighted by Crippen LogP contribution is -2.16. The molecule has 1 N–H and O–H groups in total. The highest BCUT2D eigenvalue weighted by Crippen LogP contribution is 2.24. The summed E-state index contributed by atoms with van der Waals surface area (Å²) in [6, 6.07) is 8.83. The van der Waals surface area contributed by atoms with Crippen LogP contribution in [0.2, 0.25) is 0 Å². The molecular weight excluding hydrogens is 375 g/mol. The Bertz CT molecular complexity index is 1140. The summed E-state index contributed by atoms with van der Waals surface area (Å²) in [5.74, 6) is -2.15. The quantitative estimate of drug-likeness (QED) is 0.554. The van der Waals surface area contributed by atoms with E-state index in [2.05, 4.69) is 10.3 Å². The molecule has 0 fully saturated rings. The van der Waals surface area contributed by atoms with Crippen molar-refractivity contribution in [3.8, 4) is 11.3 Å². The Kier molecular flexibility index (Phi) is 4.41. The van der Waals surface area contributed by atoms with Gasteiger partial charge in [-0.1, -0.05) is 0 Å². The summed E-state index contributed by atoms with van der Waals surface area (Å²) < 4.78 is 41.7. The lowest BCUT2D eigenvalue weighted by molar-refractivity contribution is -0.115. The van der Waals surface area contributed by atoms with E-state index < -0.39 is 17.5 Å². The van der Waals surface area contributed by atoms with Crippen molar-refractivity contribution in [1.82, 2.24) is 9.38 Å². The highest BCUT2D eigenvalue weighted by atomic mass is 32.1. The van der Waals surface area contributed by atoms with Crippen molar-refractivity contribution in [2.45, 2.75) is 6.42 Å². The maximum atomic E-state index is 13.7. The van der Waals surface area contributed by atoms with Gasteiger partial charge in [0.15, 0.2) is 4.96 Å². The zero-order chi connectivity index (χ0) is 19.0. The van der Waals surface area contributed by atoms with E-state index in [-0.39, 0.29) is 17.9 Å². The van der Waals surface area contributed by atoms with Crippen LogP contribution in [0.3, 0.4) is 0 Å².